The lowest BCUT2D eigenvalue weighted by Gasteiger charge is -2.19. The number of ketones is 1. The maximum Gasteiger partial charge on any atom is 0.305 e. The van der Waals surface area contributed by atoms with Gasteiger partial charge in [0.1, 0.15) is 5.69 Å². The Balaban J connectivity index is 1.90. The number of aryl methyl sites for hydroxylation is 2. The fourth-order valence-corrected chi connectivity index (χ4v) is 3.60. The van der Waals surface area contributed by atoms with Crippen molar-refractivity contribution < 1.29 is 19.5 Å². The van der Waals surface area contributed by atoms with E-state index < -0.39 is 5.97 Å². The number of hydrogen-bond donors (Lipinski definition) is 1. The highest BCUT2D eigenvalue weighted by Gasteiger charge is 2.37. The summed E-state index contributed by atoms with van der Waals surface area (Å²) in [6, 6.07) is 1.63. The summed E-state index contributed by atoms with van der Waals surface area (Å²) < 4.78 is 1.40. The summed E-state index contributed by atoms with van der Waals surface area (Å²) >= 11 is 1.21. The molecule has 1 N–H and O–H groups in total. The maximum atomic E-state index is 13.0. The molecule has 1 aliphatic carbocycles. The molecule has 132 valence electrons. The number of anilines is 1. The maximum absolute atomic E-state index is 13.0. The molecule has 25 heavy (non-hydrogen) atoms. The summed E-state index contributed by atoms with van der Waals surface area (Å²) in [7, 11) is 0. The van der Waals surface area contributed by atoms with Gasteiger partial charge in [-0.3, -0.25) is 24.0 Å². The van der Waals surface area contributed by atoms with Gasteiger partial charge in [0.15, 0.2) is 10.9 Å². The van der Waals surface area contributed by atoms with Crippen LogP contribution in [0.25, 0.3) is 0 Å². The first kappa shape index (κ1) is 17.3. The molecule has 2 aromatic heterocycles. The Morgan fingerprint density at radius 1 is 1.40 bits per heavy atom. The molecule has 1 saturated carbocycles. The van der Waals surface area contributed by atoms with E-state index in [1.54, 1.807) is 17.9 Å². The van der Waals surface area contributed by atoms with Gasteiger partial charge < -0.3 is 5.11 Å². The molecule has 0 aliphatic heterocycles. The van der Waals surface area contributed by atoms with Gasteiger partial charge in [0.25, 0.3) is 5.91 Å². The average molecular weight is 362 g/mol. The van der Waals surface area contributed by atoms with E-state index in [1.165, 1.54) is 29.1 Å². The zero-order valence-electron chi connectivity index (χ0n) is 13.9. The van der Waals surface area contributed by atoms with Crippen molar-refractivity contribution in [2.24, 2.45) is 0 Å². The van der Waals surface area contributed by atoms with Gasteiger partial charge in [0.05, 0.1) is 23.5 Å². The minimum Gasteiger partial charge on any atom is -0.481 e. The van der Waals surface area contributed by atoms with E-state index in [9.17, 15) is 14.4 Å². The predicted octanol–water partition coefficient (Wildman–Crippen LogP) is 2.13. The first-order chi connectivity index (χ1) is 11.9. The van der Waals surface area contributed by atoms with Crippen LogP contribution >= 0.6 is 11.3 Å². The monoisotopic (exact) mass is 362 g/mol. The molecule has 1 amide bonds. The molecule has 0 saturated heterocycles. The number of aliphatic carboxylic acids is 1. The number of carboxylic acids is 1. The Hall–Kier alpha value is -2.55. The number of aromatic nitrogens is 3. The first-order valence-corrected chi connectivity index (χ1v) is 8.75. The molecule has 0 atom stereocenters. The SMILES string of the molecule is CC(=O)c1sc(N(C(=O)c2ccnn2CCC(=O)O)C2CC2)nc1C. The van der Waals surface area contributed by atoms with E-state index in [-0.39, 0.29) is 30.7 Å². The number of nitrogens with zero attached hydrogens (tertiary/aromatic N) is 4. The van der Waals surface area contributed by atoms with Crippen LogP contribution in [-0.2, 0) is 11.3 Å². The number of carboxylic acid groups (broad SMARTS) is 1. The van der Waals surface area contributed by atoms with Crippen LogP contribution in [-0.4, -0.2) is 43.6 Å². The first-order valence-electron chi connectivity index (χ1n) is 7.94. The summed E-state index contributed by atoms with van der Waals surface area (Å²) in [6.07, 6.45) is 3.12. The van der Waals surface area contributed by atoms with Crippen molar-refractivity contribution in [1.82, 2.24) is 14.8 Å². The fourth-order valence-electron chi connectivity index (χ4n) is 2.57. The van der Waals surface area contributed by atoms with Crippen molar-refractivity contribution in [2.45, 2.75) is 45.7 Å². The normalized spacial score (nSPS) is 13.7. The Bertz CT molecular complexity index is 837. The number of hydrogen-bond acceptors (Lipinski definition) is 6. The summed E-state index contributed by atoms with van der Waals surface area (Å²) in [6.45, 7) is 3.36. The molecule has 2 aromatic rings. The molecule has 0 bridgehead atoms. The molecule has 2 heterocycles. The molecule has 0 spiro atoms. The molecule has 0 radical (unpaired) electrons. The highest BCUT2D eigenvalue weighted by molar-refractivity contribution is 7.17. The van der Waals surface area contributed by atoms with Gasteiger partial charge in [-0.1, -0.05) is 11.3 Å². The van der Waals surface area contributed by atoms with Crippen LogP contribution in [0.3, 0.4) is 0 Å². The molecular formula is C16H18N4O4S. The van der Waals surface area contributed by atoms with Crippen LogP contribution < -0.4 is 4.90 Å². The van der Waals surface area contributed by atoms with Gasteiger partial charge in [0, 0.05) is 19.2 Å². The van der Waals surface area contributed by atoms with Crippen LogP contribution in [0.15, 0.2) is 12.3 Å². The van der Waals surface area contributed by atoms with Gasteiger partial charge in [-0.2, -0.15) is 5.10 Å². The molecule has 9 heteroatoms. The van der Waals surface area contributed by atoms with Crippen LogP contribution in [0.1, 0.15) is 52.0 Å². The number of rotatable bonds is 7. The molecule has 3 rings (SSSR count). The van der Waals surface area contributed by atoms with Crippen molar-refractivity contribution in [3.63, 3.8) is 0 Å². The van der Waals surface area contributed by atoms with E-state index in [0.29, 0.717) is 21.4 Å². The predicted molar refractivity (Wildman–Crippen MR) is 91.2 cm³/mol. The van der Waals surface area contributed by atoms with Crippen LogP contribution in [0.5, 0.6) is 0 Å². The fraction of sp³-hybridized carbons (Fsp3) is 0.438. The van der Waals surface area contributed by atoms with Crippen LogP contribution in [0.2, 0.25) is 0 Å². The molecule has 1 aliphatic rings. The lowest BCUT2D eigenvalue weighted by atomic mass is 10.3. The summed E-state index contributed by atoms with van der Waals surface area (Å²) in [4.78, 5) is 42.1. The minimum atomic E-state index is -0.949. The topological polar surface area (TPSA) is 105 Å². The summed E-state index contributed by atoms with van der Waals surface area (Å²) in [5, 5.41) is 13.4. The van der Waals surface area contributed by atoms with E-state index in [4.69, 9.17) is 5.11 Å². The second-order valence-corrected chi connectivity index (χ2v) is 6.93. The van der Waals surface area contributed by atoms with Gasteiger partial charge >= 0.3 is 5.97 Å². The smallest absolute Gasteiger partial charge is 0.305 e. The van der Waals surface area contributed by atoms with Gasteiger partial charge in [-0.05, 0) is 25.8 Å². The Morgan fingerprint density at radius 2 is 2.12 bits per heavy atom. The Morgan fingerprint density at radius 3 is 2.68 bits per heavy atom. The van der Waals surface area contributed by atoms with Crippen molar-refractivity contribution in [1.29, 1.82) is 0 Å². The molecule has 8 nitrogen and oxygen atoms in total. The second kappa shape index (κ2) is 6.75. The Labute approximate surface area is 148 Å². The lowest BCUT2D eigenvalue weighted by Crippen LogP contribution is -2.34. The van der Waals surface area contributed by atoms with Gasteiger partial charge in [-0.25, -0.2) is 4.98 Å². The van der Waals surface area contributed by atoms with Crippen molar-refractivity contribution >= 4 is 34.1 Å². The lowest BCUT2D eigenvalue weighted by molar-refractivity contribution is -0.137. The van der Waals surface area contributed by atoms with E-state index in [0.717, 1.165) is 12.8 Å². The summed E-state index contributed by atoms with van der Waals surface area (Å²) in [5.74, 6) is -1.29. The molecule has 0 aromatic carbocycles. The second-order valence-electron chi connectivity index (χ2n) is 5.96. The third-order valence-electron chi connectivity index (χ3n) is 3.92. The van der Waals surface area contributed by atoms with E-state index >= 15 is 0 Å². The number of carbonyl (C=O) groups excluding carboxylic acids is 2. The zero-order chi connectivity index (χ0) is 18.1. The summed E-state index contributed by atoms with van der Waals surface area (Å²) in [5.41, 5.74) is 0.940. The zero-order valence-corrected chi connectivity index (χ0v) is 14.7. The molecule has 0 unspecified atom stereocenters. The van der Waals surface area contributed by atoms with E-state index in [2.05, 4.69) is 10.1 Å². The van der Waals surface area contributed by atoms with Crippen LogP contribution in [0, 0.1) is 6.92 Å². The highest BCUT2D eigenvalue weighted by Crippen LogP contribution is 2.36. The van der Waals surface area contributed by atoms with Crippen LogP contribution in [0.4, 0.5) is 5.13 Å². The number of Topliss-reactive ketones (excluding diaryl/α,β-unsaturated/α-hetero) is 1. The number of carbonyl (C=O) groups is 3. The Kier molecular flexibility index (Phi) is 4.67. The minimum absolute atomic E-state index is 0.0562. The van der Waals surface area contributed by atoms with E-state index in [1.807, 2.05) is 0 Å². The molecule has 1 fully saturated rings. The van der Waals surface area contributed by atoms with Crippen molar-refractivity contribution in [3.8, 4) is 0 Å². The van der Waals surface area contributed by atoms with Crippen molar-refractivity contribution in [3.05, 3.63) is 28.5 Å². The standard InChI is InChI=1S/C16H18N4O4S/c1-9-14(10(2)21)25-16(18-9)20(11-3-4-11)15(24)12-5-7-17-19(12)8-6-13(22)23/h5,7,11H,3-4,6,8H2,1-2H3,(H,22,23). The highest BCUT2D eigenvalue weighted by atomic mass is 32.1. The van der Waals surface area contributed by atoms with Gasteiger partial charge in [-0.15, -0.1) is 0 Å². The largest absolute Gasteiger partial charge is 0.481 e. The number of thiazole rings is 1. The third kappa shape index (κ3) is 3.60. The third-order valence-corrected chi connectivity index (χ3v) is 5.17. The average Bonchev–Trinajstić information content (AvgIpc) is 3.12. The quantitative estimate of drug-likeness (QED) is 0.757. The number of amides is 1. The molecular weight excluding hydrogens is 344 g/mol. The van der Waals surface area contributed by atoms with Gasteiger partial charge in [0.2, 0.25) is 0 Å². The van der Waals surface area contributed by atoms with Crippen molar-refractivity contribution in [2.75, 3.05) is 4.90 Å².